The summed E-state index contributed by atoms with van der Waals surface area (Å²) in [5.74, 6) is 0.322. The Hall–Kier alpha value is -3.05. The van der Waals surface area contributed by atoms with E-state index >= 15 is 0 Å². The van der Waals surface area contributed by atoms with Crippen molar-refractivity contribution in [3.63, 3.8) is 0 Å². The van der Waals surface area contributed by atoms with E-state index in [0.717, 1.165) is 21.6 Å². The van der Waals surface area contributed by atoms with Crippen molar-refractivity contribution in [3.8, 4) is 22.5 Å². The van der Waals surface area contributed by atoms with E-state index in [1.165, 1.54) is 11.3 Å². The number of hydrogen-bond donors (Lipinski definition) is 0. The number of aromatic nitrogens is 2. The number of hydrogen-bond acceptors (Lipinski definition) is 4. The molecule has 0 aliphatic carbocycles. The highest BCUT2D eigenvalue weighted by Crippen LogP contribution is 2.40. The summed E-state index contributed by atoms with van der Waals surface area (Å²) in [6, 6.07) is 17.1. The van der Waals surface area contributed by atoms with Gasteiger partial charge >= 0.3 is 0 Å². The Balaban J connectivity index is 1.93. The van der Waals surface area contributed by atoms with Crippen LogP contribution in [0.25, 0.3) is 32.7 Å². The summed E-state index contributed by atoms with van der Waals surface area (Å²) < 4.78 is 1.59. The number of thiophene rings is 1. The van der Waals surface area contributed by atoms with Gasteiger partial charge in [-0.15, -0.1) is 11.3 Å². The molecule has 0 unspecified atom stereocenters. The van der Waals surface area contributed by atoms with Crippen LogP contribution in [0.3, 0.4) is 0 Å². The normalized spacial score (nSPS) is 12.4. The van der Waals surface area contributed by atoms with Crippen molar-refractivity contribution < 1.29 is 4.79 Å². The van der Waals surface area contributed by atoms with Crippen molar-refractivity contribution in [1.29, 1.82) is 0 Å². The van der Waals surface area contributed by atoms with Crippen LogP contribution in [0.5, 0.6) is 0 Å². The Bertz CT molecular complexity index is 1240. The first-order valence-electron chi connectivity index (χ1n) is 7.92. The average Bonchev–Trinajstić information content (AvgIpc) is 3.12. The molecule has 2 aromatic carbocycles. The van der Waals surface area contributed by atoms with Gasteiger partial charge in [-0.1, -0.05) is 48.5 Å². The van der Waals surface area contributed by atoms with Gasteiger partial charge in [-0.25, -0.2) is 4.57 Å². The maximum atomic E-state index is 12.9. The number of rotatable bonds is 1. The summed E-state index contributed by atoms with van der Waals surface area (Å²) in [6.45, 7) is 1.98. The number of carbonyl (C=O) groups excluding carboxylic acids is 1. The molecule has 0 spiro atoms. The van der Waals surface area contributed by atoms with E-state index in [9.17, 15) is 9.59 Å². The minimum Gasteiger partial charge on any atom is -0.268 e. The van der Waals surface area contributed by atoms with Crippen LogP contribution in [0.4, 0.5) is 0 Å². The van der Waals surface area contributed by atoms with Gasteiger partial charge in [0.1, 0.15) is 4.83 Å². The second-order valence-corrected chi connectivity index (χ2v) is 7.21. The van der Waals surface area contributed by atoms with E-state index < -0.39 is 0 Å². The van der Waals surface area contributed by atoms with Gasteiger partial charge in [-0.3, -0.25) is 9.59 Å². The van der Waals surface area contributed by atoms with E-state index in [-0.39, 0.29) is 11.5 Å². The minimum atomic E-state index is -0.283. The summed E-state index contributed by atoms with van der Waals surface area (Å²) in [7, 11) is 0. The number of aryl methyl sites for hydroxylation is 1. The molecule has 5 heteroatoms. The van der Waals surface area contributed by atoms with Crippen molar-refractivity contribution in [2.45, 2.75) is 6.92 Å². The zero-order chi connectivity index (χ0) is 17.1. The molecule has 0 amide bonds. The topological polar surface area (TPSA) is 52.0 Å². The van der Waals surface area contributed by atoms with Gasteiger partial charge in [0, 0.05) is 16.0 Å². The van der Waals surface area contributed by atoms with Crippen molar-refractivity contribution >= 4 is 27.5 Å². The Morgan fingerprint density at radius 1 is 0.920 bits per heavy atom. The van der Waals surface area contributed by atoms with E-state index in [0.29, 0.717) is 21.6 Å². The highest BCUT2D eigenvalue weighted by molar-refractivity contribution is 7.19. The Morgan fingerprint density at radius 3 is 2.36 bits per heavy atom. The smallest absolute Gasteiger partial charge is 0.268 e. The molecule has 1 aliphatic heterocycles. The molecule has 4 aromatic rings. The van der Waals surface area contributed by atoms with Crippen LogP contribution in [0.2, 0.25) is 0 Å². The van der Waals surface area contributed by atoms with Crippen molar-refractivity contribution in [3.05, 3.63) is 75.4 Å². The Kier molecular flexibility index (Phi) is 2.85. The molecule has 0 atom stereocenters. The highest BCUT2D eigenvalue weighted by atomic mass is 32.1. The summed E-state index contributed by atoms with van der Waals surface area (Å²) in [4.78, 5) is 31.7. The lowest BCUT2D eigenvalue weighted by Gasteiger charge is -2.04. The quantitative estimate of drug-likeness (QED) is 0.460. The zero-order valence-electron chi connectivity index (χ0n) is 13.3. The largest absolute Gasteiger partial charge is 0.282 e. The first-order valence-corrected chi connectivity index (χ1v) is 8.74. The molecule has 0 saturated heterocycles. The first-order chi connectivity index (χ1) is 12.2. The maximum absolute atomic E-state index is 12.9. The fourth-order valence-corrected chi connectivity index (χ4v) is 4.65. The molecule has 120 valence electrons. The van der Waals surface area contributed by atoms with Crippen molar-refractivity contribution in [2.75, 3.05) is 0 Å². The Labute approximate surface area is 147 Å². The first kappa shape index (κ1) is 14.3. The molecule has 1 aliphatic rings. The fraction of sp³-hybridized carbons (Fsp3) is 0.0500. The van der Waals surface area contributed by atoms with Crippen LogP contribution in [0, 0.1) is 6.92 Å². The summed E-state index contributed by atoms with van der Waals surface area (Å²) >= 11 is 1.47. The SMILES string of the molecule is Cc1sc2c(c1-c1ccccc1)c(=O)nc1n2C(=O)c2ccccc2-1. The van der Waals surface area contributed by atoms with Crippen LogP contribution in [-0.4, -0.2) is 15.5 Å². The molecular formula is C20H12N2O2S. The number of benzene rings is 2. The second kappa shape index (κ2) is 4.97. The summed E-state index contributed by atoms with van der Waals surface area (Å²) in [5, 5.41) is 0.526. The van der Waals surface area contributed by atoms with E-state index in [1.54, 1.807) is 10.6 Å². The molecule has 0 N–H and O–H groups in total. The van der Waals surface area contributed by atoms with Gasteiger partial charge in [0.05, 0.1) is 10.9 Å². The highest BCUT2D eigenvalue weighted by Gasteiger charge is 2.31. The molecule has 25 heavy (non-hydrogen) atoms. The van der Waals surface area contributed by atoms with E-state index in [2.05, 4.69) is 4.98 Å². The lowest BCUT2D eigenvalue weighted by Crippen LogP contribution is -2.15. The zero-order valence-corrected chi connectivity index (χ0v) is 14.1. The predicted octanol–water partition coefficient (Wildman–Crippen LogP) is 4.10. The molecule has 3 heterocycles. The van der Waals surface area contributed by atoms with E-state index in [4.69, 9.17) is 0 Å². The van der Waals surface area contributed by atoms with E-state index in [1.807, 2.05) is 55.5 Å². The predicted molar refractivity (Wildman–Crippen MR) is 99.2 cm³/mol. The maximum Gasteiger partial charge on any atom is 0.282 e. The van der Waals surface area contributed by atoms with Crippen molar-refractivity contribution in [1.82, 2.24) is 9.55 Å². The van der Waals surface area contributed by atoms with Crippen LogP contribution in [-0.2, 0) is 0 Å². The summed E-state index contributed by atoms with van der Waals surface area (Å²) in [6.07, 6.45) is 0. The summed E-state index contributed by atoms with van der Waals surface area (Å²) in [5.41, 5.74) is 2.87. The molecule has 4 nitrogen and oxygen atoms in total. The Morgan fingerprint density at radius 2 is 1.60 bits per heavy atom. The van der Waals surface area contributed by atoms with Crippen LogP contribution < -0.4 is 5.56 Å². The molecule has 0 saturated carbocycles. The van der Waals surface area contributed by atoms with Gasteiger partial charge in [0.25, 0.3) is 11.5 Å². The lowest BCUT2D eigenvalue weighted by atomic mass is 10.0. The number of nitrogens with zero attached hydrogens (tertiary/aromatic N) is 2. The minimum absolute atomic E-state index is 0.121. The van der Waals surface area contributed by atoms with Gasteiger partial charge in [-0.2, -0.15) is 4.98 Å². The number of carbonyl (C=O) groups is 1. The monoisotopic (exact) mass is 344 g/mol. The van der Waals surface area contributed by atoms with Crippen molar-refractivity contribution in [2.24, 2.45) is 0 Å². The molecule has 0 fully saturated rings. The molecular weight excluding hydrogens is 332 g/mol. The standard InChI is InChI=1S/C20H12N2O2S/c1-11-15(12-7-3-2-4-8-12)16-18(23)21-17-13-9-5-6-10-14(13)19(24)22(17)20(16)25-11/h2-10H,1H3. The van der Waals surface area contributed by atoms with Gasteiger partial charge in [-0.05, 0) is 18.6 Å². The number of fused-ring (bicyclic) bond motifs is 5. The van der Waals surface area contributed by atoms with Gasteiger partial charge in [0.15, 0.2) is 5.82 Å². The lowest BCUT2D eigenvalue weighted by molar-refractivity contribution is 0.0973. The van der Waals surface area contributed by atoms with Gasteiger partial charge in [0.2, 0.25) is 0 Å². The molecule has 2 aromatic heterocycles. The second-order valence-electron chi connectivity index (χ2n) is 6.01. The fourth-order valence-electron chi connectivity index (χ4n) is 3.49. The van der Waals surface area contributed by atoms with Gasteiger partial charge < -0.3 is 0 Å². The molecule has 0 bridgehead atoms. The molecule has 0 radical (unpaired) electrons. The third kappa shape index (κ3) is 1.84. The third-order valence-corrected chi connectivity index (χ3v) is 5.66. The molecule has 5 rings (SSSR count). The third-order valence-electron chi connectivity index (χ3n) is 4.57. The van der Waals surface area contributed by atoms with Crippen LogP contribution in [0.1, 0.15) is 15.2 Å². The average molecular weight is 344 g/mol. The van der Waals surface area contributed by atoms with Crippen LogP contribution >= 0.6 is 11.3 Å². The van der Waals surface area contributed by atoms with Crippen LogP contribution in [0.15, 0.2) is 59.4 Å².